The number of benzene rings is 6. The quantitative estimate of drug-likeness (QED) is 0.0641. The highest BCUT2D eigenvalue weighted by Crippen LogP contribution is 2.54. The topological polar surface area (TPSA) is 121 Å². The van der Waals surface area contributed by atoms with E-state index in [2.05, 4.69) is 0 Å². The van der Waals surface area contributed by atoms with Crippen molar-refractivity contribution in [3.05, 3.63) is 211 Å². The Morgan fingerprint density at radius 2 is 0.794 bits per heavy atom. The van der Waals surface area contributed by atoms with Gasteiger partial charge in [-0.1, -0.05) is 109 Å². The summed E-state index contributed by atoms with van der Waals surface area (Å²) in [6, 6.07) is 43.0. The van der Waals surface area contributed by atoms with E-state index in [1.54, 1.807) is 60.7 Å². The first kappa shape index (κ1) is 38.3. The molecule has 0 saturated heterocycles. The third kappa shape index (κ3) is 6.09. The Balaban J connectivity index is 1.08. The van der Waals surface area contributed by atoms with Gasteiger partial charge in [-0.05, 0) is 92.7 Å². The first-order valence-electron chi connectivity index (χ1n) is 20.1. The van der Waals surface area contributed by atoms with Crippen LogP contribution in [0.15, 0.2) is 157 Å². The highest BCUT2D eigenvalue weighted by Gasteiger charge is 2.58. The number of esters is 2. The third-order valence-corrected chi connectivity index (χ3v) is 14.0. The summed E-state index contributed by atoms with van der Waals surface area (Å²) in [6.45, 7) is -0.215. The van der Waals surface area contributed by atoms with Gasteiger partial charge in [0.2, 0.25) is 5.41 Å². The van der Waals surface area contributed by atoms with Gasteiger partial charge in [0.1, 0.15) is 13.2 Å². The van der Waals surface area contributed by atoms with E-state index in [4.69, 9.17) is 9.47 Å². The van der Waals surface area contributed by atoms with Crippen LogP contribution in [0.1, 0.15) is 73.4 Å². The zero-order valence-corrected chi connectivity index (χ0v) is 34.6. The Hall–Kier alpha value is -7.66. The van der Waals surface area contributed by atoms with Crippen molar-refractivity contribution in [1.29, 1.82) is 0 Å². The summed E-state index contributed by atoms with van der Waals surface area (Å²) in [5, 5.41) is 1.38. The molecular formula is C53H30O8S2. The lowest BCUT2D eigenvalue weighted by Gasteiger charge is -2.28. The van der Waals surface area contributed by atoms with E-state index in [1.807, 2.05) is 97.1 Å². The molecule has 0 fully saturated rings. The molecule has 6 aromatic carbocycles. The minimum Gasteiger partial charge on any atom is -0.459 e. The first-order valence-corrected chi connectivity index (χ1v) is 21.7. The molecule has 10 heteroatoms. The predicted molar refractivity (Wildman–Crippen MR) is 242 cm³/mol. The van der Waals surface area contributed by atoms with E-state index in [0.717, 1.165) is 20.5 Å². The number of fused-ring (bicyclic) bond motifs is 7. The lowest BCUT2D eigenvalue weighted by molar-refractivity contribution is -0.164. The van der Waals surface area contributed by atoms with Crippen LogP contribution in [0.25, 0.3) is 43.5 Å². The van der Waals surface area contributed by atoms with Crippen molar-refractivity contribution >= 4 is 90.1 Å². The van der Waals surface area contributed by atoms with Gasteiger partial charge in [-0.3, -0.25) is 28.8 Å². The number of thiophene rings is 2. The van der Waals surface area contributed by atoms with Gasteiger partial charge >= 0.3 is 11.9 Å². The molecular weight excluding hydrogens is 829 g/mol. The van der Waals surface area contributed by atoms with Crippen molar-refractivity contribution in [2.45, 2.75) is 18.6 Å². The molecule has 63 heavy (non-hydrogen) atoms. The molecule has 0 aliphatic heterocycles. The molecule has 8 aromatic rings. The number of rotatable bonds is 8. The van der Waals surface area contributed by atoms with Crippen LogP contribution in [0, 0.1) is 0 Å². The van der Waals surface area contributed by atoms with Gasteiger partial charge in [0.05, 0.1) is 11.1 Å². The molecule has 0 radical (unpaired) electrons. The lowest BCUT2D eigenvalue weighted by Crippen LogP contribution is -2.45. The van der Waals surface area contributed by atoms with Crippen LogP contribution in [-0.4, -0.2) is 35.1 Å². The maximum absolute atomic E-state index is 15.1. The smallest absolute Gasteiger partial charge is 0.333 e. The zero-order chi connectivity index (χ0) is 43.0. The number of hydrogen-bond donors (Lipinski definition) is 0. The second kappa shape index (κ2) is 14.8. The fourth-order valence-electron chi connectivity index (χ4n) is 8.85. The molecule has 11 rings (SSSR count). The van der Waals surface area contributed by atoms with E-state index >= 15 is 9.59 Å². The maximum Gasteiger partial charge on any atom is 0.333 e. The molecule has 0 atom stereocenters. The highest BCUT2D eigenvalue weighted by molar-refractivity contribution is 7.20. The Labute approximate surface area is 367 Å². The van der Waals surface area contributed by atoms with Crippen molar-refractivity contribution in [3.8, 4) is 11.1 Å². The number of Topliss-reactive ketones (excluding diaryl/α,β-unsaturated/α-hetero) is 4. The second-order valence-electron chi connectivity index (χ2n) is 15.6. The predicted octanol–water partition coefficient (Wildman–Crippen LogP) is 10.8. The Kier molecular flexibility index (Phi) is 8.97. The summed E-state index contributed by atoms with van der Waals surface area (Å²) in [6.07, 6.45) is 3.21. The van der Waals surface area contributed by atoms with Gasteiger partial charge in [0, 0.05) is 41.4 Å². The van der Waals surface area contributed by atoms with Crippen molar-refractivity contribution in [2.75, 3.05) is 0 Å². The molecule has 2 heterocycles. The molecule has 0 unspecified atom stereocenters. The third-order valence-electron chi connectivity index (χ3n) is 11.9. The minimum absolute atomic E-state index is 0.0692. The van der Waals surface area contributed by atoms with E-state index in [-0.39, 0.29) is 47.5 Å². The van der Waals surface area contributed by atoms with E-state index in [1.165, 1.54) is 22.7 Å². The number of allylic oxidation sites excluding steroid dienone is 2. The summed E-state index contributed by atoms with van der Waals surface area (Å²) in [4.78, 5) is 85.0. The van der Waals surface area contributed by atoms with Crippen LogP contribution in [0.5, 0.6) is 0 Å². The lowest BCUT2D eigenvalue weighted by atomic mass is 9.77. The largest absolute Gasteiger partial charge is 0.459 e. The average molecular weight is 859 g/mol. The van der Waals surface area contributed by atoms with Crippen molar-refractivity contribution in [3.63, 3.8) is 0 Å². The van der Waals surface area contributed by atoms with Crippen LogP contribution < -0.4 is 0 Å². The number of carbonyl (C=O) groups is 6. The van der Waals surface area contributed by atoms with Gasteiger partial charge in [0.15, 0.2) is 23.1 Å². The minimum atomic E-state index is -2.09. The molecule has 0 bridgehead atoms. The van der Waals surface area contributed by atoms with E-state index < -0.39 is 17.4 Å². The van der Waals surface area contributed by atoms with E-state index in [9.17, 15) is 19.2 Å². The fourth-order valence-corrected chi connectivity index (χ4v) is 10.9. The summed E-state index contributed by atoms with van der Waals surface area (Å²) in [5.41, 5.74) is 2.93. The van der Waals surface area contributed by atoms with Gasteiger partial charge in [-0.15, -0.1) is 22.7 Å². The standard InChI is InChI=1S/C53H30O8S2/c54-47-35-15-7-8-16-36(35)48(55)41(47)23-33-19-31-21-43-39(25-45(31)62-33)40-26-46-32(20-34(63-46)24-42-49(56)37-17-9-10-18-38(37)50(42)57)22-44(40)53(43,51(58)60-27-29-11-3-1-4-12-29)52(59)61-28-30-13-5-2-6-14-30/h1-26H,27-28H2. The van der Waals surface area contributed by atoms with E-state index in [0.29, 0.717) is 65.0 Å². The number of carbonyl (C=O) groups excluding carboxylic acids is 6. The monoisotopic (exact) mass is 858 g/mol. The van der Waals surface area contributed by atoms with Crippen LogP contribution >= 0.6 is 22.7 Å². The summed E-state index contributed by atoms with van der Waals surface area (Å²) < 4.78 is 13.8. The summed E-state index contributed by atoms with van der Waals surface area (Å²) >= 11 is 2.76. The number of ether oxygens (including phenoxy) is 2. The maximum atomic E-state index is 15.1. The number of hydrogen-bond acceptors (Lipinski definition) is 10. The molecule has 2 aromatic heterocycles. The van der Waals surface area contributed by atoms with Crippen LogP contribution in [0.3, 0.4) is 0 Å². The Bertz CT molecular complexity index is 3100. The van der Waals surface area contributed by atoms with Crippen molar-refractivity contribution < 1.29 is 38.2 Å². The molecule has 3 aliphatic rings. The number of ketones is 4. The Morgan fingerprint density at radius 1 is 0.444 bits per heavy atom. The van der Waals surface area contributed by atoms with Crippen molar-refractivity contribution in [2.24, 2.45) is 0 Å². The van der Waals surface area contributed by atoms with Gasteiger partial charge in [0.25, 0.3) is 0 Å². The molecule has 3 aliphatic carbocycles. The fraction of sp³-hybridized carbons (Fsp3) is 0.0566. The molecule has 302 valence electrons. The average Bonchev–Trinajstić information content (AvgIpc) is 4.09. The zero-order valence-electron chi connectivity index (χ0n) is 33.0. The Morgan fingerprint density at radius 3 is 1.16 bits per heavy atom. The van der Waals surface area contributed by atoms with Crippen LogP contribution in [-0.2, 0) is 37.7 Å². The first-order chi connectivity index (χ1) is 30.7. The molecule has 8 nitrogen and oxygen atoms in total. The molecule has 0 saturated carbocycles. The highest BCUT2D eigenvalue weighted by atomic mass is 32.1. The molecule has 0 N–H and O–H groups in total. The van der Waals surface area contributed by atoms with Crippen molar-refractivity contribution in [1.82, 2.24) is 0 Å². The van der Waals surface area contributed by atoms with Crippen LogP contribution in [0.4, 0.5) is 0 Å². The molecule has 0 spiro atoms. The van der Waals surface area contributed by atoms with Gasteiger partial charge in [-0.25, -0.2) is 0 Å². The summed E-state index contributed by atoms with van der Waals surface area (Å²) in [5.74, 6) is -3.01. The van der Waals surface area contributed by atoms with Gasteiger partial charge < -0.3 is 9.47 Å². The summed E-state index contributed by atoms with van der Waals surface area (Å²) in [7, 11) is 0. The molecule has 0 amide bonds. The SMILES string of the molecule is O=C1C(=Cc2cc3cc4c(cc3s2)-c2cc3sc(C=C5C(=O)c6ccccc6C5=O)cc3cc2C4(C(=O)OCc2ccccc2)C(=O)OCc2ccccc2)C(=O)c2ccccc21. The van der Waals surface area contributed by atoms with Gasteiger partial charge in [-0.2, -0.15) is 0 Å². The van der Waals surface area contributed by atoms with Crippen LogP contribution in [0.2, 0.25) is 0 Å². The normalized spacial score (nSPS) is 14.5. The second-order valence-corrected chi connectivity index (χ2v) is 17.8.